The van der Waals surface area contributed by atoms with Crippen LogP contribution in [0.4, 0.5) is 5.69 Å². The van der Waals surface area contributed by atoms with E-state index >= 15 is 0 Å². The van der Waals surface area contributed by atoms with Crippen LogP contribution in [0, 0.1) is 11.5 Å². The highest BCUT2D eigenvalue weighted by molar-refractivity contribution is 5.94. The molecule has 0 aliphatic carbocycles. The zero-order chi connectivity index (χ0) is 15.1. The van der Waals surface area contributed by atoms with Gasteiger partial charge in [0, 0.05) is 6.20 Å². The van der Waals surface area contributed by atoms with Gasteiger partial charge in [0.05, 0.1) is 17.4 Å². The fourth-order valence-corrected chi connectivity index (χ4v) is 1.93. The maximum absolute atomic E-state index is 8.85. The third-order valence-electron chi connectivity index (χ3n) is 3.01. The molecule has 1 heterocycles. The van der Waals surface area contributed by atoms with Crippen LogP contribution < -0.4 is 10.6 Å². The molecule has 0 aliphatic rings. The fraction of sp³-hybridized carbons (Fsp3) is 0.188. The van der Waals surface area contributed by atoms with Gasteiger partial charge in [0.1, 0.15) is 0 Å². The van der Waals surface area contributed by atoms with E-state index in [1.54, 1.807) is 18.6 Å². The second-order valence-corrected chi connectivity index (χ2v) is 5.04. The minimum absolute atomic E-state index is 0.369. The number of pyridine rings is 1. The molecule has 0 bridgehead atoms. The van der Waals surface area contributed by atoms with Gasteiger partial charge in [-0.3, -0.25) is 4.98 Å². The monoisotopic (exact) mass is 279 g/mol. The zero-order valence-electron chi connectivity index (χ0n) is 12.0. The molecular weight excluding hydrogens is 262 g/mol. The lowest BCUT2D eigenvalue weighted by atomic mass is 9.94. The molecule has 106 valence electrons. The first-order valence-corrected chi connectivity index (χ1v) is 6.59. The first-order valence-electron chi connectivity index (χ1n) is 6.59. The van der Waals surface area contributed by atoms with E-state index in [4.69, 9.17) is 5.26 Å². The molecule has 0 saturated heterocycles. The molecule has 0 unspecified atom stereocenters. The molecule has 5 nitrogen and oxygen atoms in total. The van der Waals surface area contributed by atoms with Crippen LogP contribution >= 0.6 is 0 Å². The minimum atomic E-state index is -0.369. The van der Waals surface area contributed by atoms with Gasteiger partial charge in [0.25, 0.3) is 0 Å². The number of nitrogens with zero attached hydrogens (tertiary/aromatic N) is 3. The number of guanidine groups is 1. The van der Waals surface area contributed by atoms with Crippen molar-refractivity contribution in [3.63, 3.8) is 0 Å². The number of rotatable bonds is 3. The standard InChI is InChI=1S/C16H17N5/c1-16(2,13-7-4-3-5-8-13)21-15(19-12-17)20-14-9-6-10-18-11-14/h3-11H,1-2H3,(H2,19,20,21). The Morgan fingerprint density at radius 3 is 2.57 bits per heavy atom. The van der Waals surface area contributed by atoms with Crippen molar-refractivity contribution in [1.29, 1.82) is 5.26 Å². The Morgan fingerprint density at radius 1 is 1.19 bits per heavy atom. The first-order chi connectivity index (χ1) is 10.1. The maximum atomic E-state index is 8.85. The molecule has 5 heteroatoms. The van der Waals surface area contributed by atoms with Gasteiger partial charge in [0.2, 0.25) is 12.2 Å². The minimum Gasteiger partial charge on any atom is -0.346 e. The van der Waals surface area contributed by atoms with E-state index in [9.17, 15) is 0 Å². The topological polar surface area (TPSA) is 73.1 Å². The number of hydrogen-bond donors (Lipinski definition) is 2. The SMILES string of the molecule is CC(C)(N/C(=N/C#N)Nc1cccnc1)c1ccccc1. The van der Waals surface area contributed by atoms with Gasteiger partial charge in [0.15, 0.2) is 0 Å². The summed E-state index contributed by atoms with van der Waals surface area (Å²) in [6.45, 7) is 4.06. The lowest BCUT2D eigenvalue weighted by molar-refractivity contribution is 0.486. The van der Waals surface area contributed by atoms with Crippen LogP contribution in [0.5, 0.6) is 0 Å². The Bertz CT molecular complexity index is 641. The third kappa shape index (κ3) is 4.05. The molecule has 0 saturated carbocycles. The van der Waals surface area contributed by atoms with E-state index in [1.807, 2.05) is 56.3 Å². The van der Waals surface area contributed by atoms with Crippen molar-refractivity contribution in [1.82, 2.24) is 10.3 Å². The smallest absolute Gasteiger partial charge is 0.212 e. The normalized spacial score (nSPS) is 11.6. The lowest BCUT2D eigenvalue weighted by Crippen LogP contribution is -2.44. The molecule has 0 radical (unpaired) electrons. The van der Waals surface area contributed by atoms with Crippen LogP contribution in [0.2, 0.25) is 0 Å². The Balaban J connectivity index is 2.17. The largest absolute Gasteiger partial charge is 0.346 e. The third-order valence-corrected chi connectivity index (χ3v) is 3.01. The number of benzene rings is 1. The average Bonchev–Trinajstić information content (AvgIpc) is 2.49. The fourth-order valence-electron chi connectivity index (χ4n) is 1.93. The Labute approximate surface area is 124 Å². The molecule has 0 spiro atoms. The van der Waals surface area contributed by atoms with Crippen LogP contribution in [0.15, 0.2) is 59.9 Å². The quantitative estimate of drug-likeness (QED) is 0.515. The van der Waals surface area contributed by atoms with Gasteiger partial charge >= 0.3 is 0 Å². The van der Waals surface area contributed by atoms with E-state index in [2.05, 4.69) is 20.6 Å². The molecule has 2 aromatic rings. The second-order valence-electron chi connectivity index (χ2n) is 5.04. The molecule has 21 heavy (non-hydrogen) atoms. The molecule has 0 atom stereocenters. The summed E-state index contributed by atoms with van der Waals surface area (Å²) in [6.07, 6.45) is 5.16. The summed E-state index contributed by atoms with van der Waals surface area (Å²) in [7, 11) is 0. The number of hydrogen-bond acceptors (Lipinski definition) is 3. The predicted molar refractivity (Wildman–Crippen MR) is 83.5 cm³/mol. The van der Waals surface area contributed by atoms with Crippen molar-refractivity contribution < 1.29 is 0 Å². The van der Waals surface area contributed by atoms with Crippen molar-refractivity contribution in [2.75, 3.05) is 5.32 Å². The predicted octanol–water partition coefficient (Wildman–Crippen LogP) is 2.86. The first kappa shape index (κ1) is 14.5. The van der Waals surface area contributed by atoms with E-state index < -0.39 is 0 Å². The zero-order valence-corrected chi connectivity index (χ0v) is 12.0. The van der Waals surface area contributed by atoms with Crippen LogP contribution in [-0.4, -0.2) is 10.9 Å². The number of nitrogens with one attached hydrogen (secondary N) is 2. The molecule has 2 N–H and O–H groups in total. The van der Waals surface area contributed by atoms with Gasteiger partial charge in [-0.05, 0) is 31.5 Å². The van der Waals surface area contributed by atoms with Crippen LogP contribution in [0.25, 0.3) is 0 Å². The summed E-state index contributed by atoms with van der Waals surface area (Å²) in [5, 5.41) is 15.2. The Morgan fingerprint density at radius 2 is 1.95 bits per heavy atom. The van der Waals surface area contributed by atoms with Crippen LogP contribution in [0.3, 0.4) is 0 Å². The van der Waals surface area contributed by atoms with E-state index in [1.165, 1.54) is 0 Å². The van der Waals surface area contributed by atoms with E-state index in [-0.39, 0.29) is 5.54 Å². The van der Waals surface area contributed by atoms with Gasteiger partial charge in [-0.15, -0.1) is 4.99 Å². The van der Waals surface area contributed by atoms with Crippen molar-refractivity contribution >= 4 is 11.6 Å². The summed E-state index contributed by atoms with van der Waals surface area (Å²) >= 11 is 0. The number of anilines is 1. The molecule has 1 aromatic carbocycles. The Kier molecular flexibility index (Phi) is 4.52. The van der Waals surface area contributed by atoms with Gasteiger partial charge < -0.3 is 10.6 Å². The van der Waals surface area contributed by atoms with Crippen molar-refractivity contribution in [2.24, 2.45) is 4.99 Å². The van der Waals surface area contributed by atoms with Crippen molar-refractivity contribution in [3.05, 3.63) is 60.4 Å². The highest BCUT2D eigenvalue weighted by Crippen LogP contribution is 2.19. The highest BCUT2D eigenvalue weighted by Gasteiger charge is 2.21. The number of aliphatic imine (C=N–C) groups is 1. The summed E-state index contributed by atoms with van der Waals surface area (Å²) < 4.78 is 0. The second kappa shape index (κ2) is 6.53. The number of nitriles is 1. The van der Waals surface area contributed by atoms with Gasteiger partial charge in [-0.1, -0.05) is 30.3 Å². The molecule has 1 aromatic heterocycles. The molecule has 2 rings (SSSR count). The van der Waals surface area contributed by atoms with Crippen LogP contribution in [-0.2, 0) is 5.54 Å². The van der Waals surface area contributed by atoms with Crippen molar-refractivity contribution in [2.45, 2.75) is 19.4 Å². The molecule has 0 amide bonds. The van der Waals surface area contributed by atoms with E-state index in [0.29, 0.717) is 5.96 Å². The Hall–Kier alpha value is -2.87. The lowest BCUT2D eigenvalue weighted by Gasteiger charge is -2.28. The molecule has 0 aliphatic heterocycles. The summed E-state index contributed by atoms with van der Waals surface area (Å²) in [5.41, 5.74) is 1.50. The van der Waals surface area contributed by atoms with Gasteiger partial charge in [-0.2, -0.15) is 5.26 Å². The molecular formula is C16H17N5. The van der Waals surface area contributed by atoms with E-state index in [0.717, 1.165) is 11.3 Å². The molecule has 0 fully saturated rings. The number of aromatic nitrogens is 1. The average molecular weight is 279 g/mol. The summed E-state index contributed by atoms with van der Waals surface area (Å²) in [5.74, 6) is 0.388. The van der Waals surface area contributed by atoms with Gasteiger partial charge in [-0.25, -0.2) is 0 Å². The maximum Gasteiger partial charge on any atom is 0.212 e. The highest BCUT2D eigenvalue weighted by atomic mass is 15.2. The summed E-state index contributed by atoms with van der Waals surface area (Å²) in [4.78, 5) is 7.83. The van der Waals surface area contributed by atoms with Crippen molar-refractivity contribution in [3.8, 4) is 6.19 Å². The summed E-state index contributed by atoms with van der Waals surface area (Å²) in [6, 6.07) is 13.7. The van der Waals surface area contributed by atoms with Crippen LogP contribution in [0.1, 0.15) is 19.4 Å².